The fraction of sp³-hybridized carbons (Fsp3) is 0.911. The number of hydrazone groups is 1. The van der Waals surface area contributed by atoms with Gasteiger partial charge in [0.05, 0.1) is 190 Å². The largest absolute Gasteiger partial charge is 0.661 e. The molecular weight excluding hydrogens is 1210 g/mol. The SMILES string of the molecule is CC.CC.CC.CCCCOCCOCCOCCOCCOCCOCCOCCOCCn1cc(COCCOCCOCCOCCOC2CCC3(CC2)CNC3)nn1.C[N-]CC(/C=N\NC1CCC(COCP(O)O)O1)=C\[N-]Cl.[Y]. The Balaban J connectivity index is 0. The first-order valence-corrected chi connectivity index (χ1v) is 32.1. The predicted molar refractivity (Wildman–Crippen MR) is 324 cm³/mol. The van der Waals surface area contributed by atoms with Gasteiger partial charge in [0.15, 0.2) is 8.38 Å². The first-order chi connectivity index (χ1) is 40.9. The topological polar surface area (TPSA) is 274 Å². The van der Waals surface area contributed by atoms with E-state index in [1.54, 1.807) is 17.9 Å². The molecule has 1 radical (unpaired) electrons. The minimum Gasteiger partial charge on any atom is -0.661 e. The Hall–Kier alpha value is -0.786. The average Bonchev–Trinajstić information content (AvgIpc) is 3.92. The van der Waals surface area contributed by atoms with Gasteiger partial charge in [-0.15, -0.1) is 11.6 Å². The molecule has 1 spiro atoms. The molecule has 1 aromatic heterocycles. The number of nitrogens with one attached hydrogen (secondary N) is 2. The second-order valence-electron chi connectivity index (χ2n) is 18.1. The Morgan fingerprint density at radius 3 is 1.60 bits per heavy atom. The molecule has 0 amide bonds. The third-order valence-electron chi connectivity index (χ3n) is 11.9. The first-order valence-electron chi connectivity index (χ1n) is 30.3. The summed E-state index contributed by atoms with van der Waals surface area (Å²) < 4.78 is 85.0. The van der Waals surface area contributed by atoms with Crippen molar-refractivity contribution in [2.24, 2.45) is 10.5 Å². The molecule has 25 nitrogen and oxygen atoms in total. The molecule has 28 heteroatoms. The second kappa shape index (κ2) is 66.6. The van der Waals surface area contributed by atoms with Crippen LogP contribution in [-0.4, -0.2) is 248 Å². The molecule has 3 aliphatic rings. The summed E-state index contributed by atoms with van der Waals surface area (Å²) in [5.74, 6) is 0. The van der Waals surface area contributed by atoms with Crippen LogP contribution in [-0.2, 0) is 117 Å². The number of ether oxygens (including phenoxy) is 15. The van der Waals surface area contributed by atoms with Gasteiger partial charge in [-0.25, -0.2) is 16.5 Å². The quantitative estimate of drug-likeness (QED) is 0.0218. The molecule has 0 bridgehead atoms. The van der Waals surface area contributed by atoms with Gasteiger partial charge >= 0.3 is 0 Å². The fourth-order valence-electron chi connectivity index (χ4n) is 7.63. The number of likely N-dealkylation sites (N-methyl/N-ethyl adjacent to an activating group) is 1. The molecule has 2 aliphatic heterocycles. The van der Waals surface area contributed by atoms with Gasteiger partial charge in [0, 0.05) is 58.6 Å². The van der Waals surface area contributed by atoms with Crippen molar-refractivity contribution < 1.29 is 114 Å². The van der Waals surface area contributed by atoms with Gasteiger partial charge in [-0.2, -0.15) is 18.3 Å². The molecule has 2 atom stereocenters. The molecule has 3 fully saturated rings. The van der Waals surface area contributed by atoms with Crippen LogP contribution in [0.1, 0.15) is 106 Å². The van der Waals surface area contributed by atoms with Crippen LogP contribution in [0, 0.1) is 5.41 Å². The summed E-state index contributed by atoms with van der Waals surface area (Å²) in [7, 11) is -0.315. The Bertz CT molecular complexity index is 1540. The number of rotatable bonds is 52. The molecule has 1 aromatic rings. The molecule has 1 aliphatic carbocycles. The van der Waals surface area contributed by atoms with Gasteiger partial charge in [0.25, 0.3) is 0 Å². The summed E-state index contributed by atoms with van der Waals surface area (Å²) in [5.41, 5.74) is 5.00. The zero-order valence-corrected chi connectivity index (χ0v) is 57.1. The number of unbranched alkanes of at least 4 members (excludes halogenated alkanes) is 1. The third kappa shape index (κ3) is 52.0. The van der Waals surface area contributed by atoms with Crippen molar-refractivity contribution in [3.8, 4) is 0 Å². The number of halogens is 1. The standard InChI is InChI=1S/C39H74N4O13.C11H20ClN4O4P.3C2H6.Y/c1-2-3-9-44-11-13-46-15-17-48-19-21-50-23-24-51-22-20-49-18-16-47-14-12-45-10-8-43-33-37(41-42-43)34-55-30-29-53-26-25-52-27-28-54-31-32-56-38-4-6-39(7-5-38)35-40-36-39;1-13-4-9(5-14-12)6-15-16-11-3-2-10(20-11)7-19-8-21(17)18;3*1-2;/h33,38,40H,2-32,34-36H2,1H3;5-6,10-11,16-18H,2-4,7-8H2,1H3;3*1-2H3;/q;-2;;;;/b;9-5+,15-6-;;;;. The smallest absolute Gasteiger partial charge is 0.192 e. The number of hydrogen-bond donors (Lipinski definition) is 4. The van der Waals surface area contributed by atoms with Gasteiger partial charge in [-0.1, -0.05) is 65.7 Å². The number of hydrogen-bond acceptors (Lipinski definition) is 22. The van der Waals surface area contributed by atoms with E-state index in [1.807, 2.05) is 47.7 Å². The molecule has 1 saturated carbocycles. The Kier molecular flexibility index (Phi) is 67.6. The summed E-state index contributed by atoms with van der Waals surface area (Å²) in [6.07, 6.45) is 13.8. The Labute approximate surface area is 536 Å². The van der Waals surface area contributed by atoms with Gasteiger partial charge < -0.3 is 96.3 Å². The third-order valence-corrected chi connectivity index (χ3v) is 12.4. The van der Waals surface area contributed by atoms with E-state index < -0.39 is 8.38 Å². The maximum Gasteiger partial charge on any atom is 0.192 e. The normalized spacial score (nSPS) is 16.4. The maximum absolute atomic E-state index is 8.73. The van der Waals surface area contributed by atoms with Gasteiger partial charge in [0.1, 0.15) is 18.3 Å². The summed E-state index contributed by atoms with van der Waals surface area (Å²) >= 11 is 5.28. The molecule has 2 unspecified atom stereocenters. The van der Waals surface area contributed by atoms with Gasteiger partial charge in [-0.3, -0.25) is 5.43 Å². The number of nitrogens with zero attached hydrogens (tertiary/aromatic N) is 6. The summed E-state index contributed by atoms with van der Waals surface area (Å²) in [6.45, 7) is 31.5. The van der Waals surface area contributed by atoms with Crippen molar-refractivity contribution in [3.63, 3.8) is 0 Å². The molecule has 2 saturated heterocycles. The minimum absolute atomic E-state index is 0. The van der Waals surface area contributed by atoms with Crippen molar-refractivity contribution >= 4 is 26.4 Å². The van der Waals surface area contributed by atoms with Crippen LogP contribution in [0.3, 0.4) is 0 Å². The molecule has 4 rings (SSSR count). The number of aromatic nitrogens is 3. The van der Waals surface area contributed by atoms with E-state index in [2.05, 4.69) is 43.2 Å². The van der Waals surface area contributed by atoms with Crippen molar-refractivity contribution in [1.29, 1.82) is 0 Å². The molecular formula is C56H112ClN8O17PY-2. The molecule has 3 heterocycles. The van der Waals surface area contributed by atoms with Crippen LogP contribution < -0.4 is 10.7 Å². The zero-order chi connectivity index (χ0) is 60.8. The van der Waals surface area contributed by atoms with E-state index >= 15 is 0 Å². The first kappa shape index (κ1) is 85.3. The van der Waals surface area contributed by atoms with Crippen molar-refractivity contribution in [2.75, 3.05) is 198 Å². The van der Waals surface area contributed by atoms with Crippen LogP contribution in [0.15, 0.2) is 23.1 Å². The van der Waals surface area contributed by atoms with Crippen LogP contribution in [0.4, 0.5) is 0 Å². The average molecular weight is 1320 g/mol. The zero-order valence-electron chi connectivity index (χ0n) is 52.6. The van der Waals surface area contributed by atoms with Crippen molar-refractivity contribution in [2.45, 2.75) is 131 Å². The summed E-state index contributed by atoms with van der Waals surface area (Å²) in [4.78, 5) is 20.9. The summed E-state index contributed by atoms with van der Waals surface area (Å²) in [5, 5.41) is 19.7. The van der Waals surface area contributed by atoms with Crippen molar-refractivity contribution in [1.82, 2.24) is 25.7 Å². The Morgan fingerprint density at radius 1 is 0.690 bits per heavy atom. The van der Waals surface area contributed by atoms with Crippen LogP contribution in [0.25, 0.3) is 10.2 Å². The van der Waals surface area contributed by atoms with Crippen LogP contribution in [0.2, 0.25) is 0 Å². The molecule has 4 N–H and O–H groups in total. The van der Waals surface area contributed by atoms with E-state index in [0.29, 0.717) is 190 Å². The fourth-order valence-corrected chi connectivity index (χ4v) is 8.02. The Morgan fingerprint density at radius 2 is 1.15 bits per heavy atom. The maximum atomic E-state index is 8.73. The van der Waals surface area contributed by atoms with E-state index in [0.717, 1.165) is 43.6 Å². The van der Waals surface area contributed by atoms with Gasteiger partial charge in [-0.05, 0) is 50.4 Å². The van der Waals surface area contributed by atoms with E-state index in [-0.39, 0.29) is 51.4 Å². The molecule has 84 heavy (non-hydrogen) atoms. The van der Waals surface area contributed by atoms with Crippen LogP contribution >= 0.6 is 20.2 Å². The van der Waals surface area contributed by atoms with E-state index in [9.17, 15) is 0 Å². The second-order valence-corrected chi connectivity index (χ2v) is 19.3. The molecule has 0 aromatic carbocycles. The molecule has 495 valence electrons. The minimum atomic E-state index is -2.01. The van der Waals surface area contributed by atoms with E-state index in [4.69, 9.17) is 92.6 Å². The van der Waals surface area contributed by atoms with Crippen LogP contribution in [0.5, 0.6) is 0 Å². The summed E-state index contributed by atoms with van der Waals surface area (Å²) in [6, 6.07) is 0. The monoisotopic (exact) mass is 1320 g/mol. The van der Waals surface area contributed by atoms with Crippen molar-refractivity contribution in [3.05, 3.63) is 33.8 Å². The predicted octanol–water partition coefficient (Wildman–Crippen LogP) is 7.15. The van der Waals surface area contributed by atoms with Gasteiger partial charge in [0.2, 0.25) is 0 Å². The van der Waals surface area contributed by atoms with E-state index in [1.165, 1.54) is 45.0 Å².